The Morgan fingerprint density at radius 3 is 3.05 bits per heavy atom. The van der Waals surface area contributed by atoms with Crippen LogP contribution in [-0.2, 0) is 11.2 Å². The minimum atomic E-state index is 0.185. The Hall–Kier alpha value is -1.39. The molecule has 114 valence electrons. The Balaban J connectivity index is 1.61. The molecule has 0 bridgehead atoms. The second kappa shape index (κ2) is 6.58. The number of carbonyl (C=O) groups excluding carboxylic acids is 1. The quantitative estimate of drug-likeness (QED) is 0.753. The average molecular weight is 289 g/mol. The second-order valence-corrected chi connectivity index (χ2v) is 5.81. The van der Waals surface area contributed by atoms with E-state index in [1.807, 2.05) is 18.2 Å². The van der Waals surface area contributed by atoms with Gasteiger partial charge in [-0.1, -0.05) is 6.92 Å². The summed E-state index contributed by atoms with van der Waals surface area (Å²) in [5.74, 6) is 1.11. The van der Waals surface area contributed by atoms with Crippen LogP contribution in [0.3, 0.4) is 0 Å². The molecule has 1 fully saturated rings. The van der Waals surface area contributed by atoms with Crippen molar-refractivity contribution in [1.29, 1.82) is 0 Å². The third kappa shape index (κ3) is 3.44. The van der Waals surface area contributed by atoms with Crippen LogP contribution in [0.2, 0.25) is 0 Å². The number of ether oxygens (including phenoxy) is 2. The van der Waals surface area contributed by atoms with Gasteiger partial charge < -0.3 is 9.47 Å². The van der Waals surface area contributed by atoms with Crippen molar-refractivity contribution in [3.63, 3.8) is 0 Å². The third-order valence-corrected chi connectivity index (χ3v) is 4.31. The van der Waals surface area contributed by atoms with Crippen LogP contribution in [0.5, 0.6) is 5.75 Å². The van der Waals surface area contributed by atoms with Gasteiger partial charge in [0.05, 0.1) is 19.3 Å². The Labute approximate surface area is 126 Å². The highest BCUT2D eigenvalue weighted by atomic mass is 16.5. The highest BCUT2D eigenvalue weighted by Crippen LogP contribution is 2.26. The largest absolute Gasteiger partial charge is 0.493 e. The topological polar surface area (TPSA) is 38.8 Å². The standard InChI is InChI=1S/C17H23NO3/c1-2-18(11-15-4-3-8-20-15)12-16(19)13-5-6-17-14(10-13)7-9-21-17/h5-6,10,15H,2-4,7-9,11-12H2,1H3. The van der Waals surface area contributed by atoms with Crippen molar-refractivity contribution >= 4 is 5.78 Å². The lowest BCUT2D eigenvalue weighted by molar-refractivity contribution is 0.0686. The highest BCUT2D eigenvalue weighted by molar-refractivity contribution is 5.98. The summed E-state index contributed by atoms with van der Waals surface area (Å²) >= 11 is 0. The van der Waals surface area contributed by atoms with Gasteiger partial charge in [-0.2, -0.15) is 0 Å². The minimum absolute atomic E-state index is 0.185. The van der Waals surface area contributed by atoms with Crippen LogP contribution in [-0.4, -0.2) is 49.6 Å². The molecule has 21 heavy (non-hydrogen) atoms. The van der Waals surface area contributed by atoms with Gasteiger partial charge in [-0.3, -0.25) is 9.69 Å². The van der Waals surface area contributed by atoms with Crippen LogP contribution in [0.4, 0.5) is 0 Å². The lowest BCUT2D eigenvalue weighted by Crippen LogP contribution is -2.36. The Morgan fingerprint density at radius 2 is 2.29 bits per heavy atom. The number of benzene rings is 1. The van der Waals surface area contributed by atoms with Crippen molar-refractivity contribution in [2.75, 3.05) is 32.8 Å². The van der Waals surface area contributed by atoms with E-state index < -0.39 is 0 Å². The molecule has 0 aliphatic carbocycles. The number of fused-ring (bicyclic) bond motifs is 1. The highest BCUT2D eigenvalue weighted by Gasteiger charge is 2.21. The monoisotopic (exact) mass is 289 g/mol. The molecule has 1 aromatic rings. The average Bonchev–Trinajstić information content (AvgIpc) is 3.16. The Kier molecular flexibility index (Phi) is 4.56. The first kappa shape index (κ1) is 14.5. The van der Waals surface area contributed by atoms with E-state index in [4.69, 9.17) is 9.47 Å². The fraction of sp³-hybridized carbons (Fsp3) is 0.588. The summed E-state index contributed by atoms with van der Waals surface area (Å²) in [7, 11) is 0. The van der Waals surface area contributed by atoms with Crippen molar-refractivity contribution in [3.8, 4) is 5.75 Å². The van der Waals surface area contributed by atoms with Gasteiger partial charge >= 0.3 is 0 Å². The van der Waals surface area contributed by atoms with Crippen LogP contribution >= 0.6 is 0 Å². The molecule has 0 radical (unpaired) electrons. The maximum Gasteiger partial charge on any atom is 0.176 e. The molecule has 1 atom stereocenters. The third-order valence-electron chi connectivity index (χ3n) is 4.31. The van der Waals surface area contributed by atoms with Gasteiger partial charge in [-0.05, 0) is 43.1 Å². The van der Waals surface area contributed by atoms with E-state index in [-0.39, 0.29) is 5.78 Å². The van der Waals surface area contributed by atoms with E-state index in [0.29, 0.717) is 12.6 Å². The van der Waals surface area contributed by atoms with Gasteiger partial charge in [0.1, 0.15) is 5.75 Å². The van der Waals surface area contributed by atoms with Crippen LogP contribution in [0.25, 0.3) is 0 Å². The van der Waals surface area contributed by atoms with Gasteiger partial charge in [0.25, 0.3) is 0 Å². The van der Waals surface area contributed by atoms with Crippen molar-refractivity contribution in [1.82, 2.24) is 4.90 Å². The molecule has 0 N–H and O–H groups in total. The summed E-state index contributed by atoms with van der Waals surface area (Å²) < 4.78 is 11.1. The van der Waals surface area contributed by atoms with E-state index in [2.05, 4.69) is 11.8 Å². The van der Waals surface area contributed by atoms with Crippen LogP contribution in [0, 0.1) is 0 Å². The molecule has 1 saturated heterocycles. The fourth-order valence-corrected chi connectivity index (χ4v) is 3.04. The van der Waals surface area contributed by atoms with Crippen molar-refractivity contribution in [2.45, 2.75) is 32.3 Å². The molecular weight excluding hydrogens is 266 g/mol. The number of carbonyl (C=O) groups is 1. The van der Waals surface area contributed by atoms with E-state index in [1.165, 1.54) is 0 Å². The molecule has 2 aliphatic heterocycles. The SMILES string of the molecule is CCN(CC(=O)c1ccc2c(c1)CCO2)CC1CCCO1. The predicted molar refractivity (Wildman–Crippen MR) is 81.1 cm³/mol. The number of rotatable bonds is 6. The molecular formula is C17H23NO3. The molecule has 1 aromatic carbocycles. The van der Waals surface area contributed by atoms with Crippen LogP contribution in [0.1, 0.15) is 35.7 Å². The number of hydrogen-bond acceptors (Lipinski definition) is 4. The maximum absolute atomic E-state index is 12.5. The number of Topliss-reactive ketones (excluding diaryl/α,β-unsaturated/α-hetero) is 1. The first-order valence-corrected chi connectivity index (χ1v) is 7.89. The van der Waals surface area contributed by atoms with Gasteiger partial charge in [0.15, 0.2) is 5.78 Å². The second-order valence-electron chi connectivity index (χ2n) is 5.81. The molecule has 0 spiro atoms. The Morgan fingerprint density at radius 1 is 1.38 bits per heavy atom. The molecule has 0 amide bonds. The molecule has 2 heterocycles. The number of nitrogens with zero attached hydrogens (tertiary/aromatic N) is 1. The lowest BCUT2D eigenvalue weighted by Gasteiger charge is -2.22. The number of hydrogen-bond donors (Lipinski definition) is 0. The number of likely N-dealkylation sites (N-methyl/N-ethyl adjacent to an activating group) is 1. The molecule has 4 nitrogen and oxygen atoms in total. The van der Waals surface area contributed by atoms with Gasteiger partial charge in [-0.15, -0.1) is 0 Å². The predicted octanol–water partition coefficient (Wildman–Crippen LogP) is 2.31. The van der Waals surface area contributed by atoms with Gasteiger partial charge in [0, 0.05) is 25.1 Å². The van der Waals surface area contributed by atoms with E-state index in [0.717, 1.165) is 62.4 Å². The maximum atomic E-state index is 12.5. The first-order valence-electron chi connectivity index (χ1n) is 7.89. The normalized spacial score (nSPS) is 20.6. The zero-order valence-corrected chi connectivity index (χ0v) is 12.6. The zero-order chi connectivity index (χ0) is 14.7. The summed E-state index contributed by atoms with van der Waals surface area (Å²) in [4.78, 5) is 14.6. The summed E-state index contributed by atoms with van der Waals surface area (Å²) in [6, 6.07) is 5.79. The van der Waals surface area contributed by atoms with E-state index >= 15 is 0 Å². The van der Waals surface area contributed by atoms with Crippen LogP contribution in [0.15, 0.2) is 18.2 Å². The molecule has 3 rings (SSSR count). The zero-order valence-electron chi connectivity index (χ0n) is 12.6. The van der Waals surface area contributed by atoms with Crippen molar-refractivity contribution < 1.29 is 14.3 Å². The first-order chi connectivity index (χ1) is 10.3. The minimum Gasteiger partial charge on any atom is -0.493 e. The molecule has 0 aromatic heterocycles. The number of ketones is 1. The molecule has 1 unspecified atom stereocenters. The molecule has 0 saturated carbocycles. The smallest absolute Gasteiger partial charge is 0.176 e. The summed E-state index contributed by atoms with van der Waals surface area (Å²) in [6.45, 7) is 5.89. The van der Waals surface area contributed by atoms with Crippen molar-refractivity contribution in [3.05, 3.63) is 29.3 Å². The van der Waals surface area contributed by atoms with Crippen molar-refractivity contribution in [2.24, 2.45) is 0 Å². The van der Waals surface area contributed by atoms with E-state index in [1.54, 1.807) is 0 Å². The molecule has 2 aliphatic rings. The summed E-state index contributed by atoms with van der Waals surface area (Å²) in [5, 5.41) is 0. The van der Waals surface area contributed by atoms with Gasteiger partial charge in [0.2, 0.25) is 0 Å². The van der Waals surface area contributed by atoms with Gasteiger partial charge in [-0.25, -0.2) is 0 Å². The molecule has 4 heteroatoms. The Bertz CT molecular complexity index is 509. The van der Waals surface area contributed by atoms with Crippen LogP contribution < -0.4 is 4.74 Å². The summed E-state index contributed by atoms with van der Waals surface area (Å²) in [6.07, 6.45) is 3.46. The summed E-state index contributed by atoms with van der Waals surface area (Å²) in [5.41, 5.74) is 1.95. The fourth-order valence-electron chi connectivity index (χ4n) is 3.04. The lowest BCUT2D eigenvalue weighted by atomic mass is 10.0. The van der Waals surface area contributed by atoms with E-state index in [9.17, 15) is 4.79 Å².